The topological polar surface area (TPSA) is 66.4 Å². The van der Waals surface area contributed by atoms with Crippen LogP contribution in [-0.2, 0) is 16.4 Å². The van der Waals surface area contributed by atoms with E-state index in [1.54, 1.807) is 16.4 Å². The molecule has 1 aliphatic heterocycles. The van der Waals surface area contributed by atoms with E-state index >= 15 is 0 Å². The van der Waals surface area contributed by atoms with E-state index in [0.29, 0.717) is 36.9 Å². The van der Waals surface area contributed by atoms with Crippen molar-refractivity contribution in [2.45, 2.75) is 32.1 Å². The standard InChI is InChI=1S/C28H30N4O2S/c1-4-26-21(3)29-27(24-11-7-8-20(2)18-24)30-28(26)31-14-16-32(17-15-31)35(33,34)25-13-12-22-9-5-6-10-23(22)19-25/h5-13,18-19H,4,14-17H2,1-3H3. The third kappa shape index (κ3) is 4.54. The maximum atomic E-state index is 13.4. The van der Waals surface area contributed by atoms with Crippen molar-refractivity contribution < 1.29 is 8.42 Å². The first-order valence-electron chi connectivity index (χ1n) is 12.1. The van der Waals surface area contributed by atoms with Crippen molar-refractivity contribution in [3.63, 3.8) is 0 Å². The fraction of sp³-hybridized carbons (Fsp3) is 0.286. The lowest BCUT2D eigenvalue weighted by atomic mass is 10.1. The first-order valence-corrected chi connectivity index (χ1v) is 13.5. The van der Waals surface area contributed by atoms with Gasteiger partial charge in [0, 0.05) is 43.0 Å². The van der Waals surface area contributed by atoms with Gasteiger partial charge in [-0.1, -0.05) is 61.0 Å². The minimum atomic E-state index is -3.56. The fourth-order valence-corrected chi connectivity index (χ4v) is 6.24. The molecule has 0 bridgehead atoms. The number of benzene rings is 3. The molecule has 6 nitrogen and oxygen atoms in total. The summed E-state index contributed by atoms with van der Waals surface area (Å²) in [6.07, 6.45) is 0.824. The smallest absolute Gasteiger partial charge is 0.243 e. The molecule has 4 aromatic rings. The average molecular weight is 487 g/mol. The van der Waals surface area contributed by atoms with Crippen LogP contribution in [-0.4, -0.2) is 48.9 Å². The molecule has 0 spiro atoms. The SMILES string of the molecule is CCc1c(C)nc(-c2cccc(C)c2)nc1N1CCN(S(=O)(=O)c2ccc3ccccc3c2)CC1. The molecule has 0 radical (unpaired) electrons. The molecule has 0 N–H and O–H groups in total. The number of nitrogens with zero attached hydrogens (tertiary/aromatic N) is 4. The summed E-state index contributed by atoms with van der Waals surface area (Å²) in [7, 11) is -3.56. The molecule has 1 saturated heterocycles. The van der Waals surface area contributed by atoms with Crippen LogP contribution in [0.3, 0.4) is 0 Å². The summed E-state index contributed by atoms with van der Waals surface area (Å²) in [6.45, 7) is 8.22. The number of anilines is 1. The molecule has 0 aliphatic carbocycles. The van der Waals surface area contributed by atoms with Gasteiger partial charge in [-0.3, -0.25) is 0 Å². The minimum Gasteiger partial charge on any atom is -0.354 e. The van der Waals surface area contributed by atoms with Crippen LogP contribution in [0.4, 0.5) is 5.82 Å². The molecule has 0 saturated carbocycles. The van der Waals surface area contributed by atoms with Crippen molar-refractivity contribution in [1.29, 1.82) is 0 Å². The summed E-state index contributed by atoms with van der Waals surface area (Å²) in [4.78, 5) is 12.3. The molecule has 2 heterocycles. The zero-order valence-electron chi connectivity index (χ0n) is 20.4. The predicted octanol–water partition coefficient (Wildman–Crippen LogP) is 4.99. The summed E-state index contributed by atoms with van der Waals surface area (Å²) >= 11 is 0. The van der Waals surface area contributed by atoms with E-state index in [-0.39, 0.29) is 0 Å². The monoisotopic (exact) mass is 486 g/mol. The lowest BCUT2D eigenvalue weighted by molar-refractivity contribution is 0.383. The highest BCUT2D eigenvalue weighted by Gasteiger charge is 2.30. The van der Waals surface area contributed by atoms with E-state index < -0.39 is 10.0 Å². The number of aromatic nitrogens is 2. The first kappa shape index (κ1) is 23.5. The van der Waals surface area contributed by atoms with Crippen LogP contribution in [0.1, 0.15) is 23.7 Å². The normalized spacial score (nSPS) is 15.0. The van der Waals surface area contributed by atoms with Gasteiger partial charge < -0.3 is 4.90 Å². The molecule has 5 rings (SSSR count). The number of piperazine rings is 1. The Morgan fingerprint density at radius 1 is 0.829 bits per heavy atom. The molecule has 3 aromatic carbocycles. The second-order valence-electron chi connectivity index (χ2n) is 9.06. The van der Waals surface area contributed by atoms with Crippen molar-refractivity contribution in [2.75, 3.05) is 31.1 Å². The van der Waals surface area contributed by atoms with Crippen molar-refractivity contribution >= 4 is 26.6 Å². The van der Waals surface area contributed by atoms with Gasteiger partial charge in [-0.15, -0.1) is 0 Å². The number of hydrogen-bond acceptors (Lipinski definition) is 5. The number of hydrogen-bond donors (Lipinski definition) is 0. The molecular weight excluding hydrogens is 456 g/mol. The van der Waals surface area contributed by atoms with E-state index in [2.05, 4.69) is 30.9 Å². The summed E-state index contributed by atoms with van der Waals surface area (Å²) in [5.74, 6) is 1.63. The molecule has 1 aromatic heterocycles. The van der Waals surface area contributed by atoms with Gasteiger partial charge in [-0.2, -0.15) is 4.31 Å². The van der Waals surface area contributed by atoms with E-state index in [1.165, 1.54) is 0 Å². The zero-order chi connectivity index (χ0) is 24.6. The molecule has 35 heavy (non-hydrogen) atoms. The van der Waals surface area contributed by atoms with Gasteiger partial charge in [0.1, 0.15) is 5.82 Å². The van der Waals surface area contributed by atoms with Gasteiger partial charge in [0.25, 0.3) is 0 Å². The highest BCUT2D eigenvalue weighted by molar-refractivity contribution is 7.89. The van der Waals surface area contributed by atoms with Crippen molar-refractivity contribution in [1.82, 2.24) is 14.3 Å². The van der Waals surface area contributed by atoms with Gasteiger partial charge in [-0.05, 0) is 49.2 Å². The predicted molar refractivity (Wildman–Crippen MR) is 141 cm³/mol. The van der Waals surface area contributed by atoms with Crippen LogP contribution in [0.15, 0.2) is 71.6 Å². The number of rotatable bonds is 5. The minimum absolute atomic E-state index is 0.346. The quantitative estimate of drug-likeness (QED) is 0.398. The largest absolute Gasteiger partial charge is 0.354 e. The highest BCUT2D eigenvalue weighted by Crippen LogP contribution is 2.28. The lowest BCUT2D eigenvalue weighted by Crippen LogP contribution is -2.49. The van der Waals surface area contributed by atoms with Crippen LogP contribution in [0.25, 0.3) is 22.2 Å². The molecule has 7 heteroatoms. The van der Waals surface area contributed by atoms with E-state index in [0.717, 1.165) is 45.4 Å². The third-order valence-corrected chi connectivity index (χ3v) is 8.61. The summed E-state index contributed by atoms with van der Waals surface area (Å²) in [5, 5.41) is 1.96. The number of aryl methyl sites for hydroxylation is 2. The summed E-state index contributed by atoms with van der Waals surface area (Å²) in [6, 6.07) is 21.4. The highest BCUT2D eigenvalue weighted by atomic mass is 32.2. The second-order valence-corrected chi connectivity index (χ2v) is 11.0. The first-order chi connectivity index (χ1) is 16.9. The fourth-order valence-electron chi connectivity index (χ4n) is 4.79. The second kappa shape index (κ2) is 9.40. The van der Waals surface area contributed by atoms with Gasteiger partial charge in [0.05, 0.1) is 4.90 Å². The van der Waals surface area contributed by atoms with Crippen LogP contribution >= 0.6 is 0 Å². The maximum Gasteiger partial charge on any atom is 0.243 e. The van der Waals surface area contributed by atoms with Gasteiger partial charge >= 0.3 is 0 Å². The van der Waals surface area contributed by atoms with Gasteiger partial charge in [0.2, 0.25) is 10.0 Å². The molecular formula is C28H30N4O2S. The van der Waals surface area contributed by atoms with Crippen molar-refractivity contribution in [2.24, 2.45) is 0 Å². The van der Waals surface area contributed by atoms with Crippen LogP contribution in [0, 0.1) is 13.8 Å². The summed E-state index contributed by atoms with van der Waals surface area (Å²) < 4.78 is 28.4. The molecule has 180 valence electrons. The Morgan fingerprint density at radius 2 is 1.57 bits per heavy atom. The molecule has 0 amide bonds. The molecule has 0 atom stereocenters. The zero-order valence-corrected chi connectivity index (χ0v) is 21.2. The Labute approximate surface area is 207 Å². The number of sulfonamides is 1. The molecule has 1 fully saturated rings. The third-order valence-electron chi connectivity index (χ3n) is 6.72. The molecule has 1 aliphatic rings. The van der Waals surface area contributed by atoms with Crippen LogP contribution < -0.4 is 4.90 Å². The molecule has 0 unspecified atom stereocenters. The maximum absolute atomic E-state index is 13.4. The lowest BCUT2D eigenvalue weighted by Gasteiger charge is -2.36. The van der Waals surface area contributed by atoms with E-state index in [9.17, 15) is 8.42 Å². The Hall–Kier alpha value is -3.29. The Morgan fingerprint density at radius 3 is 2.29 bits per heavy atom. The van der Waals surface area contributed by atoms with Crippen LogP contribution in [0.5, 0.6) is 0 Å². The Bertz CT molecular complexity index is 1490. The van der Waals surface area contributed by atoms with E-state index in [4.69, 9.17) is 9.97 Å². The van der Waals surface area contributed by atoms with Crippen LogP contribution in [0.2, 0.25) is 0 Å². The van der Waals surface area contributed by atoms with E-state index in [1.807, 2.05) is 49.4 Å². The summed E-state index contributed by atoms with van der Waals surface area (Å²) in [5.41, 5.74) is 4.25. The number of fused-ring (bicyclic) bond motifs is 1. The van der Waals surface area contributed by atoms with Crippen molar-refractivity contribution in [3.8, 4) is 11.4 Å². The van der Waals surface area contributed by atoms with Gasteiger partial charge in [0.15, 0.2) is 5.82 Å². The Kier molecular flexibility index (Phi) is 6.30. The Balaban J connectivity index is 1.40. The van der Waals surface area contributed by atoms with Gasteiger partial charge in [-0.25, -0.2) is 18.4 Å². The van der Waals surface area contributed by atoms with Crippen molar-refractivity contribution in [3.05, 3.63) is 83.6 Å². The average Bonchev–Trinajstić information content (AvgIpc) is 2.88.